The molecule has 0 spiro atoms. The molecule has 1 rings (SSSR count). The molecule has 0 bridgehead atoms. The molecule has 0 aromatic carbocycles. The van der Waals surface area contributed by atoms with Crippen LogP contribution in [0.1, 0.15) is 12.0 Å². The molecule has 84 valence electrons. The second-order valence-corrected chi connectivity index (χ2v) is 5.05. The summed E-state index contributed by atoms with van der Waals surface area (Å²) >= 11 is 1.40. The van der Waals surface area contributed by atoms with E-state index in [0.29, 0.717) is 6.07 Å². The molecule has 1 aromatic heterocycles. The van der Waals surface area contributed by atoms with Crippen molar-refractivity contribution in [2.45, 2.75) is 11.3 Å². The van der Waals surface area contributed by atoms with Gasteiger partial charge in [-0.1, -0.05) is 0 Å². The van der Waals surface area contributed by atoms with E-state index in [1.165, 1.54) is 22.6 Å². The second-order valence-electron chi connectivity index (χ2n) is 2.50. The van der Waals surface area contributed by atoms with E-state index in [-0.39, 0.29) is 3.70 Å². The minimum Gasteiger partial charge on any atom is -0.225 e. The zero-order chi connectivity index (χ0) is 11.8. The monoisotopic (exact) mass is 352 g/mol. The predicted molar refractivity (Wildman–Crippen MR) is 53.2 cm³/mol. The van der Waals surface area contributed by atoms with E-state index in [9.17, 15) is 21.6 Å². The van der Waals surface area contributed by atoms with Crippen molar-refractivity contribution < 1.29 is 21.6 Å². The van der Waals surface area contributed by atoms with Crippen LogP contribution >= 0.6 is 22.6 Å². The lowest BCUT2D eigenvalue weighted by molar-refractivity contribution is 0.144. The molecule has 0 unspecified atom stereocenters. The summed E-state index contributed by atoms with van der Waals surface area (Å²) in [6, 6.07) is 0.490. The summed E-state index contributed by atoms with van der Waals surface area (Å²) in [6.07, 6.45) is -3.14. The SMILES string of the molecule is NS(=O)(=O)c1cc(C(F)F)c(F)nc1I. The molecule has 0 aliphatic rings. The Morgan fingerprint density at radius 2 is 2.00 bits per heavy atom. The van der Waals surface area contributed by atoms with E-state index in [4.69, 9.17) is 5.14 Å². The van der Waals surface area contributed by atoms with Crippen LogP contribution in [0.3, 0.4) is 0 Å². The summed E-state index contributed by atoms with van der Waals surface area (Å²) < 4.78 is 58.8. The molecule has 0 amide bonds. The Morgan fingerprint density at radius 3 is 2.40 bits per heavy atom. The fraction of sp³-hybridized carbons (Fsp3) is 0.167. The van der Waals surface area contributed by atoms with Crippen LogP contribution in [0, 0.1) is 9.65 Å². The molecule has 0 aliphatic heterocycles. The fourth-order valence-electron chi connectivity index (χ4n) is 0.819. The quantitative estimate of drug-likeness (QED) is 0.646. The second kappa shape index (κ2) is 4.22. The highest BCUT2D eigenvalue weighted by molar-refractivity contribution is 14.1. The minimum absolute atomic E-state index is 0.281. The molecule has 0 fully saturated rings. The summed E-state index contributed by atoms with van der Waals surface area (Å²) in [6.45, 7) is 0. The van der Waals surface area contributed by atoms with Gasteiger partial charge in [-0.15, -0.1) is 0 Å². The van der Waals surface area contributed by atoms with Gasteiger partial charge in [0.05, 0.1) is 5.56 Å². The third-order valence-electron chi connectivity index (χ3n) is 1.47. The van der Waals surface area contributed by atoms with Crippen molar-refractivity contribution in [2.24, 2.45) is 5.14 Å². The Kier molecular flexibility index (Phi) is 3.55. The molecular formula is C6H4F3IN2O2S. The van der Waals surface area contributed by atoms with Gasteiger partial charge in [0.2, 0.25) is 16.0 Å². The van der Waals surface area contributed by atoms with Crippen LogP contribution < -0.4 is 5.14 Å². The number of hydrogen-bond acceptors (Lipinski definition) is 3. The standard InChI is InChI=1S/C6H4F3IN2O2S/c7-4(8)2-1-3(15(11,13)14)6(10)12-5(2)9/h1,4H,(H2,11,13,14). The first-order valence-corrected chi connectivity index (χ1v) is 6.03. The molecule has 0 atom stereocenters. The van der Waals surface area contributed by atoms with Gasteiger partial charge < -0.3 is 0 Å². The lowest BCUT2D eigenvalue weighted by Gasteiger charge is -2.05. The molecule has 1 aromatic rings. The van der Waals surface area contributed by atoms with Crippen LogP contribution in [-0.4, -0.2) is 13.4 Å². The number of alkyl halides is 2. The Morgan fingerprint density at radius 1 is 1.47 bits per heavy atom. The van der Waals surface area contributed by atoms with Crippen LogP contribution in [0.4, 0.5) is 13.2 Å². The third-order valence-corrected chi connectivity index (χ3v) is 3.58. The van der Waals surface area contributed by atoms with Crippen molar-refractivity contribution in [3.05, 3.63) is 21.3 Å². The number of halogens is 4. The molecule has 0 saturated heterocycles. The first-order chi connectivity index (χ1) is 6.73. The van der Waals surface area contributed by atoms with E-state index in [1.54, 1.807) is 0 Å². The van der Waals surface area contributed by atoms with Gasteiger partial charge in [-0.25, -0.2) is 27.3 Å². The zero-order valence-electron chi connectivity index (χ0n) is 6.92. The maximum absolute atomic E-state index is 12.8. The van der Waals surface area contributed by atoms with Gasteiger partial charge >= 0.3 is 0 Å². The minimum atomic E-state index is -4.18. The first-order valence-electron chi connectivity index (χ1n) is 3.40. The summed E-state index contributed by atoms with van der Waals surface area (Å²) in [7, 11) is -4.18. The Balaban J connectivity index is 3.50. The highest BCUT2D eigenvalue weighted by Gasteiger charge is 2.22. The maximum Gasteiger partial charge on any atom is 0.268 e. The van der Waals surface area contributed by atoms with Gasteiger partial charge in [0, 0.05) is 0 Å². The summed E-state index contributed by atoms with van der Waals surface area (Å²) in [4.78, 5) is 2.43. The summed E-state index contributed by atoms with van der Waals surface area (Å²) in [5.41, 5.74) is -1.08. The average Bonchev–Trinajstić information content (AvgIpc) is 2.00. The topological polar surface area (TPSA) is 73.1 Å². The van der Waals surface area contributed by atoms with Gasteiger partial charge in [0.15, 0.2) is 0 Å². The molecule has 4 nitrogen and oxygen atoms in total. The number of primary sulfonamides is 1. The normalized spacial score (nSPS) is 12.1. The van der Waals surface area contributed by atoms with Gasteiger partial charge in [-0.05, 0) is 28.7 Å². The van der Waals surface area contributed by atoms with Crippen LogP contribution in [0.15, 0.2) is 11.0 Å². The molecule has 9 heteroatoms. The van der Waals surface area contributed by atoms with Crippen molar-refractivity contribution in [3.63, 3.8) is 0 Å². The van der Waals surface area contributed by atoms with E-state index in [1.807, 2.05) is 0 Å². The molecule has 0 radical (unpaired) electrons. The van der Waals surface area contributed by atoms with E-state index in [0.717, 1.165) is 0 Å². The predicted octanol–water partition coefficient (Wildman–Crippen LogP) is 1.41. The van der Waals surface area contributed by atoms with Gasteiger partial charge in [0.1, 0.15) is 8.60 Å². The van der Waals surface area contributed by atoms with Crippen molar-refractivity contribution in [2.75, 3.05) is 0 Å². The molecule has 15 heavy (non-hydrogen) atoms. The van der Waals surface area contributed by atoms with Crippen molar-refractivity contribution in [3.8, 4) is 0 Å². The van der Waals surface area contributed by atoms with Gasteiger partial charge in [-0.2, -0.15) is 4.39 Å². The Hall–Kier alpha value is -0.420. The highest BCUT2D eigenvalue weighted by atomic mass is 127. The van der Waals surface area contributed by atoms with Gasteiger partial charge in [-0.3, -0.25) is 0 Å². The number of aromatic nitrogens is 1. The smallest absolute Gasteiger partial charge is 0.225 e. The van der Waals surface area contributed by atoms with Gasteiger partial charge in [0.25, 0.3) is 6.43 Å². The average molecular weight is 352 g/mol. The Labute approximate surface area is 96.9 Å². The molecular weight excluding hydrogens is 348 g/mol. The van der Waals surface area contributed by atoms with Crippen molar-refractivity contribution >= 4 is 32.6 Å². The number of nitrogens with two attached hydrogens (primary N) is 1. The molecule has 1 heterocycles. The largest absolute Gasteiger partial charge is 0.268 e. The maximum atomic E-state index is 12.8. The van der Waals surface area contributed by atoms with E-state index < -0.39 is 32.9 Å². The van der Waals surface area contributed by atoms with E-state index >= 15 is 0 Å². The summed E-state index contributed by atoms with van der Waals surface area (Å²) in [5, 5.41) is 4.74. The Bertz CT molecular complexity index is 491. The first kappa shape index (κ1) is 12.6. The fourth-order valence-corrected chi connectivity index (χ4v) is 2.68. The van der Waals surface area contributed by atoms with Crippen LogP contribution in [0.5, 0.6) is 0 Å². The number of nitrogens with zero attached hydrogens (tertiary/aromatic N) is 1. The number of hydrogen-bond donors (Lipinski definition) is 1. The number of rotatable bonds is 2. The zero-order valence-corrected chi connectivity index (χ0v) is 9.89. The number of sulfonamides is 1. The van der Waals surface area contributed by atoms with E-state index in [2.05, 4.69) is 4.98 Å². The van der Waals surface area contributed by atoms with Crippen molar-refractivity contribution in [1.29, 1.82) is 0 Å². The lowest BCUT2D eigenvalue weighted by atomic mass is 10.3. The van der Waals surface area contributed by atoms with Crippen LogP contribution in [0.2, 0.25) is 0 Å². The van der Waals surface area contributed by atoms with Crippen molar-refractivity contribution in [1.82, 2.24) is 4.98 Å². The summed E-state index contributed by atoms with van der Waals surface area (Å²) in [5.74, 6) is -1.40. The highest BCUT2D eigenvalue weighted by Crippen LogP contribution is 2.25. The van der Waals surface area contributed by atoms with Crippen LogP contribution in [-0.2, 0) is 10.0 Å². The molecule has 0 saturated carbocycles. The van der Waals surface area contributed by atoms with Crippen LogP contribution in [0.25, 0.3) is 0 Å². The third kappa shape index (κ3) is 2.78. The lowest BCUT2D eigenvalue weighted by Crippen LogP contribution is -2.16. The molecule has 0 aliphatic carbocycles. The molecule has 2 N–H and O–H groups in total. The number of pyridine rings is 1.